The fourth-order valence-corrected chi connectivity index (χ4v) is 2.82. The van der Waals surface area contributed by atoms with Crippen molar-refractivity contribution in [3.05, 3.63) is 51.7 Å². The molecule has 0 amide bonds. The summed E-state index contributed by atoms with van der Waals surface area (Å²) in [5.74, 6) is 0.900. The lowest BCUT2D eigenvalue weighted by molar-refractivity contribution is 0.313. The summed E-state index contributed by atoms with van der Waals surface area (Å²) >= 11 is 1.69. The van der Waals surface area contributed by atoms with Crippen LogP contribution < -0.4 is 10.5 Å². The van der Waals surface area contributed by atoms with Crippen LogP contribution in [0.3, 0.4) is 0 Å². The number of nitrogens with two attached hydrogens (primary N) is 1. The van der Waals surface area contributed by atoms with Crippen molar-refractivity contribution >= 4 is 11.3 Å². The summed E-state index contributed by atoms with van der Waals surface area (Å²) in [5.41, 5.74) is 9.86. The molecule has 0 spiro atoms. The molecule has 1 atom stereocenters. The van der Waals surface area contributed by atoms with Gasteiger partial charge >= 0.3 is 0 Å². The molecule has 2 nitrogen and oxygen atoms in total. The molecule has 0 fully saturated rings. The second-order valence-corrected chi connectivity index (χ2v) is 5.12. The number of ether oxygens (including phenoxy) is 1. The van der Waals surface area contributed by atoms with E-state index >= 15 is 0 Å². The summed E-state index contributed by atoms with van der Waals surface area (Å²) < 4.78 is 5.77. The summed E-state index contributed by atoms with van der Waals surface area (Å²) in [5, 5.41) is 4.25. The minimum Gasteiger partial charge on any atom is -0.493 e. The van der Waals surface area contributed by atoms with Gasteiger partial charge in [-0.1, -0.05) is 25.1 Å². The Kier molecular flexibility index (Phi) is 4.39. The monoisotopic (exact) mass is 261 g/mol. The minimum atomic E-state index is -0.107. The van der Waals surface area contributed by atoms with Gasteiger partial charge in [-0.2, -0.15) is 11.3 Å². The number of hydrogen-bond donors (Lipinski definition) is 1. The van der Waals surface area contributed by atoms with Crippen LogP contribution in [0.1, 0.15) is 36.1 Å². The molecule has 1 heterocycles. The summed E-state index contributed by atoms with van der Waals surface area (Å²) in [6, 6.07) is 7.93. The van der Waals surface area contributed by atoms with E-state index in [1.807, 2.05) is 24.3 Å². The predicted octanol–water partition coefficient (Wildman–Crippen LogP) is 3.89. The maximum Gasteiger partial charge on any atom is 0.124 e. The van der Waals surface area contributed by atoms with E-state index in [0.717, 1.165) is 24.3 Å². The Hall–Kier alpha value is -1.32. The molecule has 2 N–H and O–H groups in total. The molecule has 2 aromatic rings. The third-order valence-electron chi connectivity index (χ3n) is 2.95. The van der Waals surface area contributed by atoms with Crippen molar-refractivity contribution in [2.75, 3.05) is 6.61 Å². The number of para-hydroxylation sites is 1. The molecule has 18 heavy (non-hydrogen) atoms. The third kappa shape index (κ3) is 2.74. The van der Waals surface area contributed by atoms with E-state index in [0.29, 0.717) is 0 Å². The largest absolute Gasteiger partial charge is 0.493 e. The summed E-state index contributed by atoms with van der Waals surface area (Å²) in [7, 11) is 0. The van der Waals surface area contributed by atoms with Crippen LogP contribution >= 0.6 is 11.3 Å². The topological polar surface area (TPSA) is 35.2 Å². The van der Waals surface area contributed by atoms with Crippen molar-refractivity contribution in [3.63, 3.8) is 0 Å². The summed E-state index contributed by atoms with van der Waals surface area (Å²) in [4.78, 5) is 0. The molecule has 0 saturated carbocycles. The van der Waals surface area contributed by atoms with Crippen molar-refractivity contribution in [2.45, 2.75) is 26.3 Å². The highest BCUT2D eigenvalue weighted by molar-refractivity contribution is 7.08. The lowest BCUT2D eigenvalue weighted by atomic mass is 9.98. The molecule has 2 rings (SSSR count). The average Bonchev–Trinajstić information content (AvgIpc) is 2.82. The molecule has 96 valence electrons. The lowest BCUT2D eigenvalue weighted by Gasteiger charge is -2.17. The van der Waals surface area contributed by atoms with Gasteiger partial charge in [0.15, 0.2) is 0 Å². The van der Waals surface area contributed by atoms with E-state index < -0.39 is 0 Å². The zero-order chi connectivity index (χ0) is 13.0. The molecule has 3 heteroatoms. The molecule has 1 aromatic heterocycles. The van der Waals surface area contributed by atoms with Crippen LogP contribution in [0.2, 0.25) is 0 Å². The number of thiophene rings is 1. The lowest BCUT2D eigenvalue weighted by Crippen LogP contribution is -2.14. The van der Waals surface area contributed by atoms with Gasteiger partial charge < -0.3 is 10.5 Å². The van der Waals surface area contributed by atoms with Gasteiger partial charge in [-0.15, -0.1) is 0 Å². The van der Waals surface area contributed by atoms with Crippen molar-refractivity contribution in [1.82, 2.24) is 0 Å². The molecule has 0 aliphatic carbocycles. The Balaban J connectivity index is 2.30. The number of hydrogen-bond acceptors (Lipinski definition) is 3. The molecular formula is C15H19NOS. The molecule has 0 saturated heterocycles. The Morgan fingerprint density at radius 1 is 1.22 bits per heavy atom. The van der Waals surface area contributed by atoms with Crippen LogP contribution in [0, 0.1) is 6.92 Å². The number of rotatable bonds is 5. The molecule has 0 bridgehead atoms. The maximum atomic E-state index is 6.36. The Morgan fingerprint density at radius 3 is 2.67 bits per heavy atom. The van der Waals surface area contributed by atoms with Gasteiger partial charge in [-0.05, 0) is 41.3 Å². The van der Waals surface area contributed by atoms with Gasteiger partial charge in [0.2, 0.25) is 0 Å². The maximum absolute atomic E-state index is 6.36. The smallest absolute Gasteiger partial charge is 0.124 e. The van der Waals surface area contributed by atoms with Gasteiger partial charge in [-0.25, -0.2) is 0 Å². The second kappa shape index (κ2) is 6.03. The minimum absolute atomic E-state index is 0.107. The second-order valence-electron chi connectivity index (χ2n) is 4.37. The van der Waals surface area contributed by atoms with Crippen LogP contribution in [-0.4, -0.2) is 6.61 Å². The number of aryl methyl sites for hydroxylation is 1. The van der Waals surface area contributed by atoms with Crippen LogP contribution in [-0.2, 0) is 0 Å². The van der Waals surface area contributed by atoms with Crippen LogP contribution in [0.5, 0.6) is 5.75 Å². The summed E-state index contributed by atoms with van der Waals surface area (Å²) in [6.07, 6.45) is 1.00. The molecule has 1 aromatic carbocycles. The molecule has 1 unspecified atom stereocenters. The molecule has 0 aliphatic heterocycles. The van der Waals surface area contributed by atoms with Crippen molar-refractivity contribution in [3.8, 4) is 5.75 Å². The van der Waals surface area contributed by atoms with Gasteiger partial charge in [0.25, 0.3) is 0 Å². The third-order valence-corrected chi connectivity index (χ3v) is 3.83. The zero-order valence-corrected chi connectivity index (χ0v) is 11.7. The van der Waals surface area contributed by atoms with Crippen molar-refractivity contribution in [1.29, 1.82) is 0 Å². The predicted molar refractivity (Wildman–Crippen MR) is 77.3 cm³/mol. The van der Waals surface area contributed by atoms with E-state index in [2.05, 4.69) is 24.6 Å². The first-order valence-corrected chi connectivity index (χ1v) is 7.18. The van der Waals surface area contributed by atoms with Gasteiger partial charge in [0.1, 0.15) is 5.75 Å². The van der Waals surface area contributed by atoms with Crippen molar-refractivity contribution < 1.29 is 4.74 Å². The molecular weight excluding hydrogens is 242 g/mol. The quantitative estimate of drug-likeness (QED) is 0.886. The van der Waals surface area contributed by atoms with Crippen LogP contribution in [0.25, 0.3) is 0 Å². The average molecular weight is 261 g/mol. The first-order chi connectivity index (χ1) is 8.74. The van der Waals surface area contributed by atoms with Crippen LogP contribution in [0.4, 0.5) is 0 Å². The number of benzene rings is 1. The van der Waals surface area contributed by atoms with Gasteiger partial charge in [0.05, 0.1) is 12.6 Å². The highest BCUT2D eigenvalue weighted by Crippen LogP contribution is 2.31. The van der Waals surface area contributed by atoms with Gasteiger partial charge in [-0.3, -0.25) is 0 Å². The Bertz CT molecular complexity index is 507. The van der Waals surface area contributed by atoms with E-state index in [1.165, 1.54) is 11.1 Å². The SMILES string of the molecule is CCCOc1ccccc1C(N)c1cscc1C. The van der Waals surface area contributed by atoms with Crippen LogP contribution in [0.15, 0.2) is 35.0 Å². The molecule has 0 radical (unpaired) electrons. The summed E-state index contributed by atoms with van der Waals surface area (Å²) in [6.45, 7) is 4.93. The van der Waals surface area contributed by atoms with E-state index in [-0.39, 0.29) is 6.04 Å². The molecule has 0 aliphatic rings. The standard InChI is InChI=1S/C15H19NOS/c1-3-8-17-14-7-5-4-6-12(14)15(16)13-10-18-9-11(13)2/h4-7,9-10,15H,3,8,16H2,1-2H3. The highest BCUT2D eigenvalue weighted by Gasteiger charge is 2.16. The Labute approximate surface area is 112 Å². The van der Waals surface area contributed by atoms with Gasteiger partial charge in [0, 0.05) is 5.56 Å². The first-order valence-electron chi connectivity index (χ1n) is 6.24. The fraction of sp³-hybridized carbons (Fsp3) is 0.333. The van der Waals surface area contributed by atoms with E-state index in [4.69, 9.17) is 10.5 Å². The first kappa shape index (κ1) is 13.1. The van der Waals surface area contributed by atoms with Crippen molar-refractivity contribution in [2.24, 2.45) is 5.73 Å². The normalized spacial score (nSPS) is 12.4. The zero-order valence-electron chi connectivity index (χ0n) is 10.8. The van der Waals surface area contributed by atoms with E-state index in [1.54, 1.807) is 11.3 Å². The fourth-order valence-electron chi connectivity index (χ4n) is 1.94. The van der Waals surface area contributed by atoms with E-state index in [9.17, 15) is 0 Å². The highest BCUT2D eigenvalue weighted by atomic mass is 32.1. The Morgan fingerprint density at radius 2 is 2.00 bits per heavy atom.